The van der Waals surface area contributed by atoms with E-state index in [0.29, 0.717) is 37.6 Å². The van der Waals surface area contributed by atoms with E-state index in [0.717, 1.165) is 40.9 Å². The van der Waals surface area contributed by atoms with Gasteiger partial charge in [0.15, 0.2) is 0 Å². The van der Waals surface area contributed by atoms with Gasteiger partial charge in [0.2, 0.25) is 17.6 Å². The summed E-state index contributed by atoms with van der Waals surface area (Å²) in [7, 11) is 0. The molecular weight excluding hydrogens is 392 g/mol. The number of amides is 1. The molecule has 4 aromatic rings. The molecule has 158 valence electrons. The summed E-state index contributed by atoms with van der Waals surface area (Å²) >= 11 is 0. The van der Waals surface area contributed by atoms with E-state index in [1.165, 1.54) is 0 Å². The van der Waals surface area contributed by atoms with Crippen LogP contribution in [0.2, 0.25) is 0 Å². The first-order valence-electron chi connectivity index (χ1n) is 10.6. The molecule has 0 spiro atoms. The lowest BCUT2D eigenvalue weighted by Gasteiger charge is -2.35. The van der Waals surface area contributed by atoms with Gasteiger partial charge in [-0.1, -0.05) is 30.3 Å². The Labute approximate surface area is 179 Å². The maximum atomic E-state index is 12.8. The summed E-state index contributed by atoms with van der Waals surface area (Å²) in [5, 5.41) is 5.11. The third kappa shape index (κ3) is 3.88. The Kier molecular flexibility index (Phi) is 5.11. The van der Waals surface area contributed by atoms with Crippen molar-refractivity contribution in [1.82, 2.24) is 25.0 Å². The Morgan fingerprint density at radius 3 is 2.71 bits per heavy atom. The van der Waals surface area contributed by atoms with Gasteiger partial charge in [-0.15, -0.1) is 0 Å². The molecule has 1 aliphatic heterocycles. The summed E-state index contributed by atoms with van der Waals surface area (Å²) in [6.07, 6.45) is 4.84. The lowest BCUT2D eigenvalue weighted by molar-refractivity contribution is -0.130. The lowest BCUT2D eigenvalue weighted by atomic mass is 10.1. The second-order valence-electron chi connectivity index (χ2n) is 7.67. The number of benzene rings is 1. The van der Waals surface area contributed by atoms with Gasteiger partial charge in [-0.25, -0.2) is 4.98 Å². The number of rotatable bonds is 5. The van der Waals surface area contributed by atoms with E-state index in [1.54, 1.807) is 6.20 Å². The first-order chi connectivity index (χ1) is 15.2. The van der Waals surface area contributed by atoms with Crippen LogP contribution in [0.25, 0.3) is 22.3 Å². The number of carbonyl (C=O) groups is 1. The predicted octanol–water partition coefficient (Wildman–Crippen LogP) is 3.07. The minimum atomic E-state index is 0.163. The molecule has 0 radical (unpaired) electrons. The quantitative estimate of drug-likeness (QED) is 0.538. The number of pyridine rings is 1. The number of aryl methyl sites for hydroxylation is 1. The third-order valence-electron chi connectivity index (χ3n) is 5.75. The van der Waals surface area contributed by atoms with Gasteiger partial charge in [0.25, 0.3) is 0 Å². The van der Waals surface area contributed by atoms with Gasteiger partial charge in [0.1, 0.15) is 5.82 Å². The van der Waals surface area contributed by atoms with Crippen LogP contribution in [0.15, 0.2) is 53.3 Å². The van der Waals surface area contributed by atoms with Crippen LogP contribution in [0.1, 0.15) is 18.4 Å². The van der Waals surface area contributed by atoms with Crippen LogP contribution >= 0.6 is 0 Å². The molecule has 1 fully saturated rings. The number of fused-ring (bicyclic) bond motifs is 1. The van der Waals surface area contributed by atoms with Crippen LogP contribution in [-0.2, 0) is 17.6 Å². The van der Waals surface area contributed by atoms with Crippen LogP contribution in [0.3, 0.4) is 0 Å². The average molecular weight is 416 g/mol. The van der Waals surface area contributed by atoms with Gasteiger partial charge in [-0.2, -0.15) is 4.98 Å². The predicted molar refractivity (Wildman–Crippen MR) is 118 cm³/mol. The number of piperazine rings is 1. The molecule has 0 saturated carbocycles. The zero-order valence-corrected chi connectivity index (χ0v) is 17.4. The van der Waals surface area contributed by atoms with E-state index >= 15 is 0 Å². The van der Waals surface area contributed by atoms with E-state index in [9.17, 15) is 4.79 Å². The number of carbonyl (C=O) groups excluding carboxylic acids is 1. The molecular formula is C23H24N6O2. The first kappa shape index (κ1) is 19.3. The number of nitrogens with one attached hydrogen (secondary N) is 1. The fourth-order valence-electron chi connectivity index (χ4n) is 3.96. The second kappa shape index (κ2) is 8.22. The van der Waals surface area contributed by atoms with E-state index in [2.05, 4.69) is 31.1 Å². The molecule has 1 aliphatic rings. The molecule has 0 aliphatic carbocycles. The van der Waals surface area contributed by atoms with Crippen molar-refractivity contribution in [2.45, 2.75) is 19.8 Å². The summed E-state index contributed by atoms with van der Waals surface area (Å²) in [4.78, 5) is 29.1. The van der Waals surface area contributed by atoms with Crippen molar-refractivity contribution in [2.75, 3.05) is 31.1 Å². The number of hydrogen-bond acceptors (Lipinski definition) is 6. The Bertz CT molecular complexity index is 1190. The monoisotopic (exact) mass is 416 g/mol. The van der Waals surface area contributed by atoms with Gasteiger partial charge >= 0.3 is 0 Å². The smallest absolute Gasteiger partial charge is 0.227 e. The molecule has 1 aromatic carbocycles. The number of para-hydroxylation sites is 1. The Hall–Kier alpha value is -3.68. The highest BCUT2D eigenvalue weighted by molar-refractivity contribution is 5.89. The van der Waals surface area contributed by atoms with Crippen molar-refractivity contribution in [3.63, 3.8) is 0 Å². The Morgan fingerprint density at radius 1 is 1.13 bits per heavy atom. The third-order valence-corrected chi connectivity index (χ3v) is 5.75. The average Bonchev–Trinajstić information content (AvgIpc) is 3.47. The summed E-state index contributed by atoms with van der Waals surface area (Å²) in [6.45, 7) is 4.87. The second-order valence-corrected chi connectivity index (χ2v) is 7.67. The number of anilines is 1. The lowest BCUT2D eigenvalue weighted by Crippen LogP contribution is -2.49. The Balaban J connectivity index is 1.19. The maximum absolute atomic E-state index is 12.8. The van der Waals surface area contributed by atoms with E-state index in [-0.39, 0.29) is 5.91 Å². The van der Waals surface area contributed by atoms with Gasteiger partial charge < -0.3 is 19.3 Å². The van der Waals surface area contributed by atoms with Crippen LogP contribution in [0.4, 0.5) is 5.82 Å². The summed E-state index contributed by atoms with van der Waals surface area (Å²) in [6, 6.07) is 12.0. The minimum absolute atomic E-state index is 0.163. The SMILES string of the molecule is CCc1nc(-c2ccc(N3CCN(C(=O)Cc4c[nH]c5ccccc45)CC3)nc2)no1. The number of H-pyrrole nitrogens is 1. The summed E-state index contributed by atoms with van der Waals surface area (Å²) in [5.74, 6) is 2.24. The highest BCUT2D eigenvalue weighted by Crippen LogP contribution is 2.21. The number of hydrogen-bond donors (Lipinski definition) is 1. The van der Waals surface area contributed by atoms with Crippen LogP contribution in [0.5, 0.6) is 0 Å². The summed E-state index contributed by atoms with van der Waals surface area (Å²) < 4.78 is 5.17. The molecule has 0 bridgehead atoms. The number of nitrogens with zero attached hydrogens (tertiary/aromatic N) is 5. The standard InChI is InChI=1S/C23H24N6O2/c1-2-21-26-23(27-31-21)16-7-8-20(25-14-16)28-9-11-29(12-10-28)22(30)13-17-15-24-19-6-4-3-5-18(17)19/h3-8,14-15,24H,2,9-13H2,1H3. The van der Waals surface area contributed by atoms with Crippen LogP contribution in [-0.4, -0.2) is 57.1 Å². The molecule has 4 heterocycles. The van der Waals surface area contributed by atoms with Gasteiger partial charge in [-0.05, 0) is 23.8 Å². The van der Waals surface area contributed by atoms with Crippen molar-refractivity contribution in [2.24, 2.45) is 0 Å². The topological polar surface area (TPSA) is 91.2 Å². The largest absolute Gasteiger partial charge is 0.361 e. The van der Waals surface area contributed by atoms with Crippen LogP contribution in [0, 0.1) is 0 Å². The van der Waals surface area contributed by atoms with Crippen molar-refractivity contribution in [3.8, 4) is 11.4 Å². The molecule has 0 atom stereocenters. The molecule has 3 aromatic heterocycles. The van der Waals surface area contributed by atoms with E-state index in [1.807, 2.05) is 48.4 Å². The molecule has 0 unspecified atom stereocenters. The van der Waals surface area contributed by atoms with Crippen molar-refractivity contribution in [1.29, 1.82) is 0 Å². The molecule has 1 N–H and O–H groups in total. The van der Waals surface area contributed by atoms with Gasteiger partial charge in [0.05, 0.1) is 6.42 Å². The number of aromatic amines is 1. The van der Waals surface area contributed by atoms with E-state index < -0.39 is 0 Å². The number of aromatic nitrogens is 4. The van der Waals surface area contributed by atoms with Gasteiger partial charge in [0, 0.05) is 61.5 Å². The fourth-order valence-corrected chi connectivity index (χ4v) is 3.96. The maximum Gasteiger partial charge on any atom is 0.227 e. The zero-order valence-electron chi connectivity index (χ0n) is 17.4. The van der Waals surface area contributed by atoms with Crippen molar-refractivity contribution in [3.05, 3.63) is 60.2 Å². The van der Waals surface area contributed by atoms with E-state index in [4.69, 9.17) is 4.52 Å². The molecule has 8 nitrogen and oxygen atoms in total. The highest BCUT2D eigenvalue weighted by atomic mass is 16.5. The molecule has 1 amide bonds. The minimum Gasteiger partial charge on any atom is -0.361 e. The van der Waals surface area contributed by atoms with Crippen molar-refractivity contribution < 1.29 is 9.32 Å². The van der Waals surface area contributed by atoms with Crippen LogP contribution < -0.4 is 4.90 Å². The molecule has 8 heteroatoms. The summed E-state index contributed by atoms with van der Waals surface area (Å²) in [5.41, 5.74) is 2.95. The zero-order chi connectivity index (χ0) is 21.2. The Morgan fingerprint density at radius 2 is 1.97 bits per heavy atom. The van der Waals surface area contributed by atoms with Crippen molar-refractivity contribution >= 4 is 22.6 Å². The first-order valence-corrected chi connectivity index (χ1v) is 10.6. The fraction of sp³-hybridized carbons (Fsp3) is 0.304. The molecule has 1 saturated heterocycles. The van der Waals surface area contributed by atoms with Gasteiger partial charge in [-0.3, -0.25) is 4.79 Å². The normalized spacial score (nSPS) is 14.4. The highest BCUT2D eigenvalue weighted by Gasteiger charge is 2.23. The molecule has 5 rings (SSSR count). The molecule has 31 heavy (non-hydrogen) atoms.